The lowest BCUT2D eigenvalue weighted by Crippen LogP contribution is -2.38. The highest BCUT2D eigenvalue weighted by atomic mass is 35.5. The Balaban J connectivity index is 3.02. The van der Waals surface area contributed by atoms with Crippen LogP contribution in [0.15, 0.2) is 23.8 Å². The van der Waals surface area contributed by atoms with Crippen LogP contribution in [0.5, 0.6) is 0 Å². The van der Waals surface area contributed by atoms with Crippen LogP contribution in [0.1, 0.15) is 0 Å². The Morgan fingerprint density at radius 1 is 1.36 bits per heavy atom. The zero-order valence-corrected chi connectivity index (χ0v) is 9.66. The smallest absolute Gasteiger partial charge is 0.252 e. The van der Waals surface area contributed by atoms with E-state index in [-0.39, 0.29) is 5.57 Å². The lowest BCUT2D eigenvalue weighted by molar-refractivity contribution is -0.113. The number of rotatable bonds is 2. The Morgan fingerprint density at radius 2 is 1.93 bits per heavy atom. The summed E-state index contributed by atoms with van der Waals surface area (Å²) in [5.41, 5.74) is 0.195. The van der Waals surface area contributed by atoms with Gasteiger partial charge in [0, 0.05) is 5.57 Å². The molecular weight excluding hydrogens is 270 g/mol. The van der Waals surface area contributed by atoms with Gasteiger partial charge in [0.05, 0.1) is 5.38 Å². The average molecular weight is 274 g/mol. The third kappa shape index (κ3) is 2.14. The minimum absolute atomic E-state index is 0.195. The lowest BCUT2D eigenvalue weighted by atomic mass is 9.97. The molecule has 1 aliphatic rings. The van der Waals surface area contributed by atoms with Crippen LogP contribution in [0.3, 0.4) is 0 Å². The minimum atomic E-state index is -1.50. The maximum absolute atomic E-state index is 11.0. The molecule has 2 atom stereocenters. The standard InChI is InChI=1S/C8H4Cl4O2/c9-5-3-4(6(10)13)1-2-8(5,12)7(11)14/h1-3,5H. The molecule has 2 nitrogen and oxygen atoms in total. The van der Waals surface area contributed by atoms with Gasteiger partial charge in [-0.3, -0.25) is 9.59 Å². The van der Waals surface area contributed by atoms with Gasteiger partial charge in [-0.15, -0.1) is 23.2 Å². The summed E-state index contributed by atoms with van der Waals surface area (Å²) in [4.78, 5) is 20.2. The van der Waals surface area contributed by atoms with Gasteiger partial charge in [0.25, 0.3) is 5.24 Å². The second-order valence-electron chi connectivity index (χ2n) is 2.67. The molecule has 0 heterocycles. The first kappa shape index (κ1) is 12.1. The number of hydrogen-bond acceptors (Lipinski definition) is 2. The molecule has 0 aromatic heterocycles. The van der Waals surface area contributed by atoms with Gasteiger partial charge in [-0.1, -0.05) is 18.2 Å². The molecule has 0 aromatic rings. The fraction of sp³-hybridized carbons (Fsp3) is 0.250. The van der Waals surface area contributed by atoms with E-state index in [1.165, 1.54) is 18.2 Å². The van der Waals surface area contributed by atoms with E-state index < -0.39 is 20.7 Å². The van der Waals surface area contributed by atoms with E-state index in [1.807, 2.05) is 0 Å². The van der Waals surface area contributed by atoms with E-state index >= 15 is 0 Å². The van der Waals surface area contributed by atoms with Gasteiger partial charge in [-0.05, 0) is 23.2 Å². The average Bonchev–Trinajstić information content (AvgIpc) is 2.09. The van der Waals surface area contributed by atoms with Crippen LogP contribution in [0.4, 0.5) is 0 Å². The zero-order chi connectivity index (χ0) is 10.9. The fourth-order valence-electron chi connectivity index (χ4n) is 0.942. The molecule has 1 aliphatic carbocycles. The number of allylic oxidation sites excluding steroid dienone is 4. The summed E-state index contributed by atoms with van der Waals surface area (Å²) >= 11 is 22.1. The van der Waals surface area contributed by atoms with Crippen LogP contribution in [0, 0.1) is 0 Å². The first-order valence-electron chi connectivity index (χ1n) is 3.51. The summed E-state index contributed by atoms with van der Waals surface area (Å²) < 4.78 is 0. The molecular formula is C8H4Cl4O2. The summed E-state index contributed by atoms with van der Waals surface area (Å²) in [5, 5.41) is -2.35. The van der Waals surface area contributed by atoms with Gasteiger partial charge in [0.1, 0.15) is 0 Å². The van der Waals surface area contributed by atoms with Crippen LogP contribution < -0.4 is 0 Å². The minimum Gasteiger partial charge on any atom is -0.279 e. The van der Waals surface area contributed by atoms with Crippen molar-refractivity contribution in [3.63, 3.8) is 0 Å². The normalized spacial score (nSPS) is 31.1. The first-order chi connectivity index (χ1) is 6.38. The molecule has 0 saturated heterocycles. The molecule has 0 saturated carbocycles. The van der Waals surface area contributed by atoms with E-state index in [0.29, 0.717) is 0 Å². The van der Waals surface area contributed by atoms with Gasteiger partial charge < -0.3 is 0 Å². The van der Waals surface area contributed by atoms with Gasteiger partial charge in [-0.2, -0.15) is 0 Å². The third-order valence-electron chi connectivity index (χ3n) is 1.76. The van der Waals surface area contributed by atoms with Gasteiger partial charge in [-0.25, -0.2) is 0 Å². The molecule has 0 aromatic carbocycles. The predicted molar refractivity (Wildman–Crippen MR) is 57.2 cm³/mol. The monoisotopic (exact) mass is 272 g/mol. The van der Waals surface area contributed by atoms with Crippen molar-refractivity contribution in [2.75, 3.05) is 0 Å². The summed E-state index contributed by atoms with van der Waals surface area (Å²) in [6, 6.07) is 0. The van der Waals surface area contributed by atoms with Crippen LogP contribution >= 0.6 is 46.4 Å². The van der Waals surface area contributed by atoms with Gasteiger partial charge in [0.15, 0.2) is 4.87 Å². The molecule has 6 heteroatoms. The van der Waals surface area contributed by atoms with E-state index in [0.717, 1.165) is 0 Å². The topological polar surface area (TPSA) is 34.1 Å². The van der Waals surface area contributed by atoms with Crippen molar-refractivity contribution in [1.82, 2.24) is 0 Å². The predicted octanol–water partition coefficient (Wildman–Crippen LogP) is 2.60. The molecule has 0 bridgehead atoms. The molecule has 0 amide bonds. The van der Waals surface area contributed by atoms with Crippen LogP contribution in [0.25, 0.3) is 0 Å². The number of alkyl halides is 2. The molecule has 0 radical (unpaired) electrons. The van der Waals surface area contributed by atoms with E-state index in [9.17, 15) is 9.59 Å². The van der Waals surface area contributed by atoms with Crippen LogP contribution in [-0.4, -0.2) is 20.7 Å². The third-order valence-corrected chi connectivity index (χ3v) is 3.50. The van der Waals surface area contributed by atoms with Crippen molar-refractivity contribution < 1.29 is 9.59 Å². The highest BCUT2D eigenvalue weighted by molar-refractivity contribution is 6.72. The van der Waals surface area contributed by atoms with Crippen molar-refractivity contribution in [2.24, 2.45) is 0 Å². The van der Waals surface area contributed by atoms with Crippen molar-refractivity contribution in [3.05, 3.63) is 23.8 Å². The second kappa shape index (κ2) is 4.23. The summed E-state index contributed by atoms with van der Waals surface area (Å²) in [7, 11) is 0. The second-order valence-corrected chi connectivity index (χ2v) is 4.45. The Labute approximate surface area is 100 Å². The van der Waals surface area contributed by atoms with Crippen molar-refractivity contribution in [2.45, 2.75) is 10.3 Å². The fourth-order valence-corrected chi connectivity index (χ4v) is 1.74. The van der Waals surface area contributed by atoms with E-state index in [2.05, 4.69) is 0 Å². The first-order valence-corrected chi connectivity index (χ1v) is 5.09. The number of carbonyl (C=O) groups is 2. The molecule has 0 spiro atoms. The maximum Gasteiger partial charge on any atom is 0.252 e. The van der Waals surface area contributed by atoms with E-state index in [1.54, 1.807) is 0 Å². The highest BCUT2D eigenvalue weighted by Crippen LogP contribution is 2.34. The van der Waals surface area contributed by atoms with Crippen LogP contribution in [0.2, 0.25) is 0 Å². The Hall–Kier alpha value is -0.0200. The zero-order valence-electron chi connectivity index (χ0n) is 6.64. The molecule has 0 fully saturated rings. The Kier molecular flexibility index (Phi) is 3.64. The molecule has 76 valence electrons. The quantitative estimate of drug-likeness (QED) is 0.573. The number of carbonyl (C=O) groups excluding carboxylic acids is 2. The van der Waals surface area contributed by atoms with Crippen molar-refractivity contribution in [3.8, 4) is 0 Å². The van der Waals surface area contributed by atoms with E-state index in [4.69, 9.17) is 46.4 Å². The SMILES string of the molecule is O=C(Cl)C1=CC(Cl)C(Cl)(C(=O)Cl)C=C1. The Bertz CT molecular complexity index is 347. The van der Waals surface area contributed by atoms with Gasteiger partial charge in [0.2, 0.25) is 5.24 Å². The molecule has 0 aliphatic heterocycles. The summed E-state index contributed by atoms with van der Waals surface area (Å²) in [5.74, 6) is 0. The summed E-state index contributed by atoms with van der Waals surface area (Å²) in [6.07, 6.45) is 3.88. The Morgan fingerprint density at radius 3 is 2.29 bits per heavy atom. The van der Waals surface area contributed by atoms with Crippen molar-refractivity contribution in [1.29, 1.82) is 0 Å². The number of halogens is 4. The molecule has 1 rings (SSSR count). The summed E-state index contributed by atoms with van der Waals surface area (Å²) in [6.45, 7) is 0. The molecule has 14 heavy (non-hydrogen) atoms. The largest absolute Gasteiger partial charge is 0.279 e. The highest BCUT2D eigenvalue weighted by Gasteiger charge is 2.41. The lowest BCUT2D eigenvalue weighted by Gasteiger charge is -2.25. The van der Waals surface area contributed by atoms with Crippen LogP contribution in [-0.2, 0) is 9.59 Å². The maximum atomic E-state index is 11.0. The van der Waals surface area contributed by atoms with Gasteiger partial charge >= 0.3 is 0 Å². The molecule has 2 unspecified atom stereocenters. The van der Waals surface area contributed by atoms with Crippen molar-refractivity contribution >= 4 is 56.9 Å². The number of hydrogen-bond donors (Lipinski definition) is 0. The molecule has 0 N–H and O–H groups in total.